The summed E-state index contributed by atoms with van der Waals surface area (Å²) in [5, 5.41) is 0.416. The molecule has 2 unspecified atom stereocenters. The number of alkyl halides is 1. The van der Waals surface area contributed by atoms with Gasteiger partial charge in [-0.25, -0.2) is 13.6 Å². The quantitative estimate of drug-likeness (QED) is 0.362. The van der Waals surface area contributed by atoms with Crippen molar-refractivity contribution in [3.63, 3.8) is 0 Å². The molecule has 1 amide bonds. The minimum Gasteiger partial charge on any atom is -0.463 e. The summed E-state index contributed by atoms with van der Waals surface area (Å²) in [6, 6.07) is 1.50. The number of hydrogen-bond acceptors (Lipinski definition) is 8. The molecule has 0 N–H and O–H groups in total. The molecule has 1 aliphatic carbocycles. The number of carbonyl (C=O) groups is 2. The van der Waals surface area contributed by atoms with E-state index in [1.54, 1.807) is 6.07 Å². The summed E-state index contributed by atoms with van der Waals surface area (Å²) in [6.45, 7) is 8.84. The smallest absolute Gasteiger partial charge is 0.410 e. The molecule has 4 fully saturated rings. The van der Waals surface area contributed by atoms with Crippen molar-refractivity contribution in [3.8, 4) is 6.01 Å². The van der Waals surface area contributed by atoms with Crippen LogP contribution in [-0.4, -0.2) is 95.3 Å². The highest BCUT2D eigenvalue weighted by Gasteiger charge is 2.45. The molecule has 4 aliphatic rings. The summed E-state index contributed by atoms with van der Waals surface area (Å²) in [4.78, 5) is 40.1. The second-order valence-electron chi connectivity index (χ2n) is 13.4. The average Bonchev–Trinajstić information content (AvgIpc) is 3.44. The van der Waals surface area contributed by atoms with E-state index in [9.17, 15) is 14.0 Å². The number of rotatable bonds is 7. The number of fused-ring (bicyclic) bond motifs is 3. The van der Waals surface area contributed by atoms with E-state index >= 15 is 4.39 Å². The Kier molecular flexibility index (Phi) is 7.83. The molecule has 228 valence electrons. The molecule has 1 aromatic carbocycles. The number of ether oxygens (including phenoxy) is 2. The van der Waals surface area contributed by atoms with E-state index in [0.29, 0.717) is 50.2 Å². The molecule has 6 rings (SSSR count). The van der Waals surface area contributed by atoms with Crippen molar-refractivity contribution in [2.24, 2.45) is 5.41 Å². The van der Waals surface area contributed by atoms with Crippen LogP contribution in [0.1, 0.15) is 69.7 Å². The lowest BCUT2D eigenvalue weighted by Crippen LogP contribution is -2.57. The molecule has 2 aromatic rings. The number of amides is 1. The maximum Gasteiger partial charge on any atom is 0.410 e. The van der Waals surface area contributed by atoms with E-state index in [1.807, 2.05) is 30.6 Å². The molecular weight excluding hydrogens is 612 g/mol. The zero-order chi connectivity index (χ0) is 29.8. The van der Waals surface area contributed by atoms with Gasteiger partial charge in [-0.05, 0) is 74.9 Å². The third-order valence-electron chi connectivity index (χ3n) is 9.07. The van der Waals surface area contributed by atoms with Gasteiger partial charge in [0.15, 0.2) is 12.1 Å². The van der Waals surface area contributed by atoms with Crippen LogP contribution < -0.4 is 9.64 Å². The lowest BCUT2D eigenvalue weighted by Gasteiger charge is -2.43. The molecule has 12 heteroatoms. The van der Waals surface area contributed by atoms with Gasteiger partial charge in [-0.3, -0.25) is 14.6 Å². The average molecular weight is 651 g/mol. The Hall–Kier alpha value is -2.60. The van der Waals surface area contributed by atoms with Crippen LogP contribution in [0.15, 0.2) is 10.5 Å². The van der Waals surface area contributed by atoms with E-state index in [2.05, 4.69) is 25.8 Å². The Morgan fingerprint density at radius 1 is 1.17 bits per heavy atom. The van der Waals surface area contributed by atoms with Crippen molar-refractivity contribution >= 4 is 45.0 Å². The number of benzene rings is 1. The van der Waals surface area contributed by atoms with Gasteiger partial charge in [0.25, 0.3) is 0 Å². The lowest BCUT2D eigenvalue weighted by atomic mass is 9.69. The number of likely N-dealkylation sites (tertiary alicyclic amines) is 1. The largest absolute Gasteiger partial charge is 0.463 e. The molecule has 4 heterocycles. The van der Waals surface area contributed by atoms with Crippen molar-refractivity contribution in [2.75, 3.05) is 44.2 Å². The summed E-state index contributed by atoms with van der Waals surface area (Å²) in [5.41, 5.74) is -0.476. The summed E-state index contributed by atoms with van der Waals surface area (Å²) in [5.74, 6) is -0.171. The van der Waals surface area contributed by atoms with Crippen molar-refractivity contribution in [1.29, 1.82) is 0 Å². The monoisotopic (exact) mass is 649 g/mol. The minimum absolute atomic E-state index is 0.0423. The number of anilines is 1. The molecule has 3 atom stereocenters. The highest BCUT2D eigenvalue weighted by Crippen LogP contribution is 2.43. The Balaban J connectivity index is 1.29. The third-order valence-corrected chi connectivity index (χ3v) is 9.87. The van der Waals surface area contributed by atoms with Crippen LogP contribution in [0, 0.1) is 11.2 Å². The standard InChI is InChI=1S/C30H38BrF2N5O4/c1-29(2,3)42-28(40)38-20-5-6-21(38)14-37(13-20)26-22-11-18(15-39)23(31)24(33)25(22)34-27(35-26)41-17-30(8-4-9-30)16-36-10-7-19(32)12-36/h11,15,19-21H,4-10,12-14,16-17H2,1-3H3/t19-,20?,21?/m1/s1. The van der Waals surface area contributed by atoms with Gasteiger partial charge in [-0.15, -0.1) is 0 Å². The van der Waals surface area contributed by atoms with Gasteiger partial charge >= 0.3 is 12.1 Å². The molecule has 42 heavy (non-hydrogen) atoms. The Labute approximate surface area is 253 Å². The molecule has 0 spiro atoms. The zero-order valence-electron chi connectivity index (χ0n) is 24.4. The van der Waals surface area contributed by atoms with Crippen LogP contribution in [0.3, 0.4) is 0 Å². The molecule has 3 saturated heterocycles. The van der Waals surface area contributed by atoms with Gasteiger partial charge in [0.05, 0.1) is 23.2 Å². The van der Waals surface area contributed by atoms with E-state index in [0.717, 1.165) is 45.2 Å². The summed E-state index contributed by atoms with van der Waals surface area (Å²) in [7, 11) is 0. The molecule has 1 aromatic heterocycles. The van der Waals surface area contributed by atoms with Crippen LogP contribution in [0.4, 0.5) is 19.4 Å². The van der Waals surface area contributed by atoms with Crippen LogP contribution >= 0.6 is 15.9 Å². The number of piperazine rings is 1. The number of aldehydes is 1. The first kappa shape index (κ1) is 29.5. The van der Waals surface area contributed by atoms with Crippen LogP contribution in [0.5, 0.6) is 6.01 Å². The fourth-order valence-electron chi connectivity index (χ4n) is 6.91. The van der Waals surface area contributed by atoms with Gasteiger partial charge in [-0.2, -0.15) is 9.97 Å². The number of hydrogen-bond donors (Lipinski definition) is 0. The summed E-state index contributed by atoms with van der Waals surface area (Å²) in [6.07, 6.45) is 4.74. The first-order valence-corrected chi connectivity index (χ1v) is 15.6. The predicted molar refractivity (Wildman–Crippen MR) is 157 cm³/mol. The van der Waals surface area contributed by atoms with Gasteiger partial charge in [0.2, 0.25) is 0 Å². The number of halogens is 3. The first-order valence-electron chi connectivity index (χ1n) is 14.9. The van der Waals surface area contributed by atoms with Crippen LogP contribution in [0.25, 0.3) is 10.9 Å². The normalized spacial score (nSPS) is 25.5. The molecule has 0 radical (unpaired) electrons. The second-order valence-corrected chi connectivity index (χ2v) is 14.2. The molecule has 3 aliphatic heterocycles. The number of carbonyl (C=O) groups excluding carboxylic acids is 2. The zero-order valence-corrected chi connectivity index (χ0v) is 26.0. The Morgan fingerprint density at radius 3 is 2.45 bits per heavy atom. The van der Waals surface area contributed by atoms with Crippen molar-refractivity contribution < 1.29 is 27.8 Å². The highest BCUT2D eigenvalue weighted by molar-refractivity contribution is 9.10. The van der Waals surface area contributed by atoms with Gasteiger partial charge in [0, 0.05) is 49.1 Å². The van der Waals surface area contributed by atoms with Crippen LogP contribution in [-0.2, 0) is 4.74 Å². The van der Waals surface area contributed by atoms with Gasteiger partial charge in [-0.1, -0.05) is 6.42 Å². The van der Waals surface area contributed by atoms with E-state index in [4.69, 9.17) is 14.5 Å². The van der Waals surface area contributed by atoms with Crippen molar-refractivity contribution in [1.82, 2.24) is 19.8 Å². The van der Waals surface area contributed by atoms with E-state index in [-0.39, 0.29) is 45.2 Å². The molecule has 1 saturated carbocycles. The Morgan fingerprint density at radius 2 is 1.88 bits per heavy atom. The lowest BCUT2D eigenvalue weighted by molar-refractivity contribution is 0.0122. The summed E-state index contributed by atoms with van der Waals surface area (Å²) < 4.78 is 41.4. The van der Waals surface area contributed by atoms with Crippen molar-refractivity contribution in [2.45, 2.75) is 83.2 Å². The topological polar surface area (TPSA) is 88.1 Å². The number of nitrogens with zero attached hydrogens (tertiary/aromatic N) is 5. The highest BCUT2D eigenvalue weighted by atomic mass is 79.9. The maximum atomic E-state index is 15.6. The maximum absolute atomic E-state index is 15.6. The number of aromatic nitrogens is 2. The van der Waals surface area contributed by atoms with Gasteiger partial charge in [0.1, 0.15) is 23.1 Å². The fraction of sp³-hybridized carbons (Fsp3) is 0.667. The third kappa shape index (κ3) is 5.68. The molecule has 9 nitrogen and oxygen atoms in total. The molecular formula is C30H38BrF2N5O4. The van der Waals surface area contributed by atoms with Gasteiger partial charge < -0.3 is 14.4 Å². The van der Waals surface area contributed by atoms with E-state index < -0.39 is 17.6 Å². The van der Waals surface area contributed by atoms with Crippen LogP contribution in [0.2, 0.25) is 0 Å². The SMILES string of the molecule is CC(C)(C)OC(=O)N1C2CCC1CN(c1nc(OCC3(CN4CC[C@@H](F)C4)CCC3)nc3c(F)c(Br)c(C=O)cc13)C2. The first-order chi connectivity index (χ1) is 19.9. The second kappa shape index (κ2) is 11.2. The summed E-state index contributed by atoms with van der Waals surface area (Å²) >= 11 is 3.21. The molecule has 2 bridgehead atoms. The minimum atomic E-state index is -0.779. The fourth-order valence-corrected chi connectivity index (χ4v) is 7.31. The van der Waals surface area contributed by atoms with E-state index in [1.165, 1.54) is 0 Å². The Bertz CT molecular complexity index is 1370. The predicted octanol–water partition coefficient (Wildman–Crippen LogP) is 5.52. The van der Waals surface area contributed by atoms with Crippen molar-refractivity contribution in [3.05, 3.63) is 21.9 Å².